The number of fused-ring (bicyclic) bond motifs is 1. The van der Waals surface area contributed by atoms with Crippen molar-refractivity contribution in [3.63, 3.8) is 0 Å². The van der Waals surface area contributed by atoms with Crippen molar-refractivity contribution in [2.24, 2.45) is 5.92 Å². The third kappa shape index (κ3) is 3.35. The normalized spacial score (nSPS) is 20.9. The first-order chi connectivity index (χ1) is 8.83. The topological polar surface area (TPSA) is 55.1 Å². The van der Waals surface area contributed by atoms with Crippen molar-refractivity contribution >= 4 is 34.3 Å². The van der Waals surface area contributed by atoms with E-state index in [1.807, 2.05) is 24.3 Å². The van der Waals surface area contributed by atoms with Crippen molar-refractivity contribution in [3.05, 3.63) is 24.3 Å². The van der Waals surface area contributed by atoms with Crippen LogP contribution in [0.5, 0.6) is 0 Å². The van der Waals surface area contributed by atoms with E-state index in [0.717, 1.165) is 31.4 Å². The fourth-order valence-electron chi connectivity index (χ4n) is 2.30. The second-order valence-corrected chi connectivity index (χ2v) is 6.05. The molecule has 1 aliphatic rings. The zero-order valence-corrected chi connectivity index (χ0v) is 12.1. The minimum absolute atomic E-state index is 0. The fraction of sp³-hybridized carbons (Fsp3) is 0.462. The standard InChI is InChI=1S/C13H16N2O2S.ClH/c16-18(9-10-4-3-7-14-8-10)13-15-11-5-1-2-6-12(11)17-13;/h1-2,5-6,10,14H,3-4,7-9H2;1H. The highest BCUT2D eigenvalue weighted by molar-refractivity contribution is 7.84. The van der Waals surface area contributed by atoms with Crippen molar-refractivity contribution in [3.8, 4) is 0 Å². The van der Waals surface area contributed by atoms with Crippen LogP contribution in [0.3, 0.4) is 0 Å². The molecule has 2 unspecified atom stereocenters. The summed E-state index contributed by atoms with van der Waals surface area (Å²) >= 11 is 0. The maximum Gasteiger partial charge on any atom is 0.287 e. The third-order valence-electron chi connectivity index (χ3n) is 3.26. The molecule has 2 heterocycles. The molecule has 1 saturated heterocycles. The summed E-state index contributed by atoms with van der Waals surface area (Å²) in [6.07, 6.45) is 2.30. The predicted octanol–water partition coefficient (Wildman–Crippen LogP) is 2.36. The van der Waals surface area contributed by atoms with E-state index >= 15 is 0 Å². The number of oxazole rings is 1. The summed E-state index contributed by atoms with van der Waals surface area (Å²) in [5, 5.41) is 3.70. The Kier molecular flexibility index (Phi) is 4.96. The van der Waals surface area contributed by atoms with Gasteiger partial charge in [0.2, 0.25) is 0 Å². The van der Waals surface area contributed by atoms with Gasteiger partial charge in [-0.2, -0.15) is 0 Å². The first-order valence-corrected chi connectivity index (χ1v) is 7.59. The number of piperidine rings is 1. The molecule has 19 heavy (non-hydrogen) atoms. The Morgan fingerprint density at radius 3 is 3.00 bits per heavy atom. The van der Waals surface area contributed by atoms with Crippen molar-refractivity contribution in [2.75, 3.05) is 18.8 Å². The van der Waals surface area contributed by atoms with Crippen LogP contribution >= 0.6 is 12.4 Å². The van der Waals surface area contributed by atoms with Gasteiger partial charge in [0, 0.05) is 5.75 Å². The lowest BCUT2D eigenvalue weighted by molar-refractivity contribution is 0.404. The van der Waals surface area contributed by atoms with Gasteiger partial charge in [-0.25, -0.2) is 9.19 Å². The van der Waals surface area contributed by atoms with Gasteiger partial charge in [0.25, 0.3) is 5.22 Å². The van der Waals surface area contributed by atoms with Gasteiger partial charge in [0.15, 0.2) is 5.58 Å². The lowest BCUT2D eigenvalue weighted by Crippen LogP contribution is -2.32. The Morgan fingerprint density at radius 2 is 2.26 bits per heavy atom. The van der Waals surface area contributed by atoms with Gasteiger partial charge < -0.3 is 9.73 Å². The van der Waals surface area contributed by atoms with E-state index in [-0.39, 0.29) is 12.4 Å². The average Bonchev–Trinajstić information content (AvgIpc) is 2.84. The van der Waals surface area contributed by atoms with Gasteiger partial charge in [-0.1, -0.05) is 12.1 Å². The lowest BCUT2D eigenvalue weighted by atomic mass is 10.0. The summed E-state index contributed by atoms with van der Waals surface area (Å²) < 4.78 is 17.7. The van der Waals surface area contributed by atoms with Gasteiger partial charge in [0.05, 0.1) is 0 Å². The molecule has 1 N–H and O–H groups in total. The molecule has 0 saturated carbocycles. The molecule has 1 aliphatic heterocycles. The van der Waals surface area contributed by atoms with Gasteiger partial charge in [-0.05, 0) is 44.0 Å². The number of nitrogens with one attached hydrogen (secondary N) is 1. The van der Waals surface area contributed by atoms with Crippen LogP contribution in [0, 0.1) is 5.92 Å². The predicted molar refractivity (Wildman–Crippen MR) is 78.1 cm³/mol. The highest BCUT2D eigenvalue weighted by Gasteiger charge is 2.20. The maximum absolute atomic E-state index is 12.2. The Bertz CT molecular complexity index is 534. The SMILES string of the molecule is Cl.O=S(CC1CCCNC1)c1nc2ccccc2o1. The summed E-state index contributed by atoms with van der Waals surface area (Å²) in [4.78, 5) is 4.29. The number of halogens is 1. The molecule has 104 valence electrons. The number of rotatable bonds is 3. The second-order valence-electron chi connectivity index (χ2n) is 4.67. The first-order valence-electron chi connectivity index (χ1n) is 6.27. The largest absolute Gasteiger partial charge is 0.430 e. The van der Waals surface area contributed by atoms with Crippen LogP contribution in [0.1, 0.15) is 12.8 Å². The summed E-state index contributed by atoms with van der Waals surface area (Å²) in [5.41, 5.74) is 1.49. The maximum atomic E-state index is 12.2. The molecule has 1 fully saturated rings. The van der Waals surface area contributed by atoms with Crippen LogP contribution in [-0.2, 0) is 10.8 Å². The Labute approximate surface area is 120 Å². The molecule has 0 amide bonds. The highest BCUT2D eigenvalue weighted by atomic mass is 35.5. The van der Waals surface area contributed by atoms with E-state index in [1.165, 1.54) is 0 Å². The van der Waals surface area contributed by atoms with Crippen molar-refractivity contribution in [2.45, 2.75) is 18.1 Å². The molecule has 2 aromatic rings. The molecule has 3 rings (SSSR count). The van der Waals surface area contributed by atoms with Crippen LogP contribution < -0.4 is 5.32 Å². The molecule has 0 spiro atoms. The average molecular weight is 301 g/mol. The minimum Gasteiger partial charge on any atom is -0.430 e. The quantitative estimate of drug-likeness (QED) is 0.945. The van der Waals surface area contributed by atoms with E-state index < -0.39 is 10.8 Å². The first kappa shape index (κ1) is 14.5. The van der Waals surface area contributed by atoms with E-state index in [9.17, 15) is 4.21 Å². The summed E-state index contributed by atoms with van der Waals surface area (Å²) in [6, 6.07) is 7.53. The van der Waals surface area contributed by atoms with Crippen molar-refractivity contribution < 1.29 is 8.63 Å². The molecule has 0 aliphatic carbocycles. The minimum atomic E-state index is -1.13. The van der Waals surface area contributed by atoms with Crippen LogP contribution in [0.25, 0.3) is 11.1 Å². The van der Waals surface area contributed by atoms with Crippen molar-refractivity contribution in [1.82, 2.24) is 10.3 Å². The number of benzene rings is 1. The zero-order chi connectivity index (χ0) is 12.4. The fourth-order valence-corrected chi connectivity index (χ4v) is 3.54. The number of nitrogens with zero attached hydrogens (tertiary/aromatic N) is 1. The highest BCUT2D eigenvalue weighted by Crippen LogP contribution is 2.20. The smallest absolute Gasteiger partial charge is 0.287 e. The molecular formula is C13H17ClN2O2S. The van der Waals surface area contributed by atoms with E-state index in [2.05, 4.69) is 10.3 Å². The summed E-state index contributed by atoms with van der Waals surface area (Å²) in [5.74, 6) is 1.11. The second kappa shape index (κ2) is 6.50. The van der Waals surface area contributed by atoms with Crippen LogP contribution in [-0.4, -0.2) is 28.0 Å². The Balaban J connectivity index is 0.00000133. The molecule has 1 aromatic carbocycles. The number of hydrogen-bond donors (Lipinski definition) is 1. The van der Waals surface area contributed by atoms with Crippen LogP contribution in [0.4, 0.5) is 0 Å². The van der Waals surface area contributed by atoms with Gasteiger partial charge in [-0.15, -0.1) is 12.4 Å². The van der Waals surface area contributed by atoms with E-state index in [4.69, 9.17) is 4.42 Å². The van der Waals surface area contributed by atoms with Gasteiger partial charge >= 0.3 is 0 Å². The van der Waals surface area contributed by atoms with Gasteiger partial charge in [-0.3, -0.25) is 0 Å². The Hall–Kier alpha value is -0.910. The molecule has 0 radical (unpaired) electrons. The molecule has 6 heteroatoms. The summed E-state index contributed by atoms with van der Waals surface area (Å²) in [7, 11) is -1.13. The summed E-state index contributed by atoms with van der Waals surface area (Å²) in [6.45, 7) is 2.03. The molecule has 4 nitrogen and oxygen atoms in total. The van der Waals surface area contributed by atoms with Crippen LogP contribution in [0.2, 0.25) is 0 Å². The monoisotopic (exact) mass is 300 g/mol. The number of aromatic nitrogens is 1. The lowest BCUT2D eigenvalue weighted by Gasteiger charge is -2.21. The molecule has 2 atom stereocenters. The Morgan fingerprint density at radius 1 is 1.42 bits per heavy atom. The molecular weight excluding hydrogens is 284 g/mol. The third-order valence-corrected chi connectivity index (χ3v) is 4.59. The zero-order valence-electron chi connectivity index (χ0n) is 10.5. The van der Waals surface area contributed by atoms with E-state index in [1.54, 1.807) is 0 Å². The van der Waals surface area contributed by atoms with E-state index in [0.29, 0.717) is 22.5 Å². The molecule has 1 aromatic heterocycles. The number of hydrogen-bond acceptors (Lipinski definition) is 4. The molecule has 0 bridgehead atoms. The van der Waals surface area contributed by atoms with Gasteiger partial charge in [0.1, 0.15) is 16.3 Å². The van der Waals surface area contributed by atoms with Crippen molar-refractivity contribution in [1.29, 1.82) is 0 Å². The number of para-hydroxylation sites is 2. The van der Waals surface area contributed by atoms with Crippen LogP contribution in [0.15, 0.2) is 33.9 Å².